The van der Waals surface area contributed by atoms with Gasteiger partial charge in [-0.2, -0.15) is 0 Å². The lowest BCUT2D eigenvalue weighted by atomic mass is 9.80. The van der Waals surface area contributed by atoms with Gasteiger partial charge in [-0.05, 0) is 135 Å². The maximum Gasteiger partial charge on any atom is 0.123 e. The smallest absolute Gasteiger partial charge is 0.123 e. The van der Waals surface area contributed by atoms with E-state index in [9.17, 15) is 5.11 Å². The van der Waals surface area contributed by atoms with E-state index < -0.39 is 0 Å². The van der Waals surface area contributed by atoms with Gasteiger partial charge in [-0.1, -0.05) is 188 Å². The Labute approximate surface area is 337 Å². The minimum Gasteiger partial charge on any atom is -0.507 e. The van der Waals surface area contributed by atoms with Crippen LogP contribution in [0.1, 0.15) is 5.56 Å². The lowest BCUT2D eigenvalue weighted by Crippen LogP contribution is -1.97. The fourth-order valence-electron chi connectivity index (χ4n) is 9.58. The molecule has 11 aromatic rings. The normalized spacial score (nSPS) is 11.6. The van der Waals surface area contributed by atoms with Crippen LogP contribution in [-0.4, -0.2) is 5.11 Å². The molecular weight excluding hydrogens is 701 g/mol. The first kappa shape index (κ1) is 33.8. The number of benzene rings is 11. The predicted molar refractivity (Wildman–Crippen MR) is 248 cm³/mol. The molecule has 11 aromatic carbocycles. The number of aromatic hydroxyl groups is 1. The van der Waals surface area contributed by atoms with Crippen molar-refractivity contribution in [1.29, 1.82) is 0 Å². The summed E-state index contributed by atoms with van der Waals surface area (Å²) in [5, 5.41) is 23.6. The highest BCUT2D eigenvalue weighted by Crippen LogP contribution is 2.51. The zero-order chi connectivity index (χ0) is 38.7. The summed E-state index contributed by atoms with van der Waals surface area (Å²) in [6.45, 7) is 2.18. The zero-order valence-electron chi connectivity index (χ0n) is 32.1. The van der Waals surface area contributed by atoms with Crippen LogP contribution in [0, 0.1) is 6.92 Å². The van der Waals surface area contributed by atoms with E-state index >= 15 is 0 Å². The number of rotatable bonds is 5. The van der Waals surface area contributed by atoms with Gasteiger partial charge in [0.05, 0.1) is 0 Å². The number of hydrogen-bond acceptors (Lipinski definition) is 1. The molecule has 0 bridgehead atoms. The lowest BCUT2D eigenvalue weighted by molar-refractivity contribution is 0.477. The van der Waals surface area contributed by atoms with E-state index in [0.717, 1.165) is 33.4 Å². The molecule has 11 rings (SSSR count). The van der Waals surface area contributed by atoms with Gasteiger partial charge in [0.1, 0.15) is 5.75 Å². The van der Waals surface area contributed by atoms with Crippen molar-refractivity contribution >= 4 is 53.9 Å². The van der Waals surface area contributed by atoms with Gasteiger partial charge in [0.25, 0.3) is 0 Å². The predicted octanol–water partition coefficient (Wildman–Crippen LogP) is 15.8. The van der Waals surface area contributed by atoms with E-state index in [4.69, 9.17) is 0 Å². The summed E-state index contributed by atoms with van der Waals surface area (Å²) in [7, 11) is 0. The second-order valence-corrected chi connectivity index (χ2v) is 15.3. The largest absolute Gasteiger partial charge is 0.507 e. The lowest BCUT2D eigenvalue weighted by Gasteiger charge is -2.23. The van der Waals surface area contributed by atoms with Crippen LogP contribution >= 0.6 is 0 Å². The monoisotopic (exact) mass is 738 g/mol. The molecule has 0 spiro atoms. The maximum absolute atomic E-state index is 11.5. The molecule has 0 aliphatic rings. The minimum absolute atomic E-state index is 0.270. The quantitative estimate of drug-likeness (QED) is 0.138. The van der Waals surface area contributed by atoms with Crippen LogP contribution in [0.5, 0.6) is 5.75 Å². The molecule has 58 heavy (non-hydrogen) atoms. The van der Waals surface area contributed by atoms with Gasteiger partial charge >= 0.3 is 0 Å². The molecule has 0 atom stereocenters. The van der Waals surface area contributed by atoms with Crippen LogP contribution in [0.25, 0.3) is 109 Å². The van der Waals surface area contributed by atoms with E-state index in [1.807, 2.05) is 18.2 Å². The van der Waals surface area contributed by atoms with Gasteiger partial charge in [0, 0.05) is 5.56 Å². The minimum atomic E-state index is 0.270. The average Bonchev–Trinajstić information content (AvgIpc) is 3.28. The van der Waals surface area contributed by atoms with Crippen molar-refractivity contribution in [3.63, 3.8) is 0 Å². The van der Waals surface area contributed by atoms with Gasteiger partial charge < -0.3 is 5.11 Å². The van der Waals surface area contributed by atoms with Gasteiger partial charge in [-0.25, -0.2) is 0 Å². The second-order valence-electron chi connectivity index (χ2n) is 15.3. The molecule has 0 amide bonds. The fourth-order valence-corrected chi connectivity index (χ4v) is 9.58. The van der Waals surface area contributed by atoms with Crippen molar-refractivity contribution in [1.82, 2.24) is 0 Å². The Morgan fingerprint density at radius 1 is 0.276 bits per heavy atom. The summed E-state index contributed by atoms with van der Waals surface area (Å²) in [5.41, 5.74) is 12.4. The molecule has 0 radical (unpaired) electrons. The first-order chi connectivity index (χ1) is 28.6. The van der Waals surface area contributed by atoms with Crippen LogP contribution in [0.4, 0.5) is 0 Å². The van der Waals surface area contributed by atoms with Gasteiger partial charge in [-0.15, -0.1) is 0 Å². The van der Waals surface area contributed by atoms with Crippen molar-refractivity contribution in [2.24, 2.45) is 0 Å². The highest BCUT2D eigenvalue weighted by atomic mass is 16.3. The third kappa shape index (κ3) is 5.32. The van der Waals surface area contributed by atoms with E-state index in [-0.39, 0.29) is 5.75 Å². The molecule has 1 nitrogen and oxygen atoms in total. The van der Waals surface area contributed by atoms with Crippen LogP contribution in [0.15, 0.2) is 206 Å². The first-order valence-electron chi connectivity index (χ1n) is 20.0. The van der Waals surface area contributed by atoms with Gasteiger partial charge in [0.2, 0.25) is 0 Å². The molecule has 0 fully saturated rings. The standard InChI is InChI=1S/C57H38O/c1-36-33-39(42-31-16-19-37-17-2-4-20-40(37)42)35-53(55(36)51-30-14-15-32-54(51)58)57-49-28-12-10-26-47(49)56(48-27-11-13-29-50(48)57)46-25-9-8-24-45(46)52-34-38-18-3-5-21-41(38)43-22-6-7-23-44(43)52/h2-35,58H,1H3. The molecule has 0 saturated heterocycles. The highest BCUT2D eigenvalue weighted by Gasteiger charge is 2.24. The summed E-state index contributed by atoms with van der Waals surface area (Å²) >= 11 is 0. The summed E-state index contributed by atoms with van der Waals surface area (Å²) in [6, 6.07) is 74.2. The topological polar surface area (TPSA) is 20.2 Å². The zero-order valence-corrected chi connectivity index (χ0v) is 32.1. The molecule has 0 aliphatic carbocycles. The SMILES string of the molecule is Cc1cc(-c2cccc3ccccc23)cc(-c2c3ccccc3c(-c3ccccc3-c3cc4ccccc4c4ccccc34)c3ccccc23)c1-c1ccccc1O. The summed E-state index contributed by atoms with van der Waals surface area (Å²) < 4.78 is 0. The van der Waals surface area contributed by atoms with E-state index in [0.29, 0.717) is 0 Å². The third-order valence-electron chi connectivity index (χ3n) is 12.1. The van der Waals surface area contributed by atoms with Crippen LogP contribution in [0.2, 0.25) is 0 Å². The number of phenolic OH excluding ortho intramolecular Hbond substituents is 1. The Kier molecular flexibility index (Phi) is 7.94. The van der Waals surface area contributed by atoms with Crippen molar-refractivity contribution in [2.45, 2.75) is 6.92 Å². The molecule has 1 N–H and O–H groups in total. The second kappa shape index (κ2) is 13.6. The van der Waals surface area contributed by atoms with Crippen LogP contribution < -0.4 is 0 Å². The number of fused-ring (bicyclic) bond motifs is 6. The van der Waals surface area contributed by atoms with Crippen molar-refractivity contribution in [3.8, 4) is 61.4 Å². The van der Waals surface area contributed by atoms with Crippen LogP contribution in [-0.2, 0) is 0 Å². The molecule has 0 unspecified atom stereocenters. The van der Waals surface area contributed by atoms with Crippen molar-refractivity contribution < 1.29 is 5.11 Å². The molecule has 0 saturated carbocycles. The van der Waals surface area contributed by atoms with Crippen LogP contribution in [0.3, 0.4) is 0 Å². The molecule has 0 heterocycles. The number of para-hydroxylation sites is 1. The highest BCUT2D eigenvalue weighted by molar-refractivity contribution is 6.25. The Bertz CT molecular complexity index is 3360. The maximum atomic E-state index is 11.5. The van der Waals surface area contributed by atoms with Gasteiger partial charge in [-0.3, -0.25) is 0 Å². The Balaban J connectivity index is 1.25. The van der Waals surface area contributed by atoms with Crippen molar-refractivity contribution in [3.05, 3.63) is 212 Å². The average molecular weight is 739 g/mol. The van der Waals surface area contributed by atoms with Crippen molar-refractivity contribution in [2.75, 3.05) is 0 Å². The molecule has 0 aromatic heterocycles. The fraction of sp³-hybridized carbons (Fsp3) is 0.0175. The third-order valence-corrected chi connectivity index (χ3v) is 12.1. The number of phenols is 1. The van der Waals surface area contributed by atoms with E-state index in [1.165, 1.54) is 81.7 Å². The summed E-state index contributed by atoms with van der Waals surface area (Å²) in [4.78, 5) is 0. The summed E-state index contributed by atoms with van der Waals surface area (Å²) in [5.74, 6) is 0.270. The van der Waals surface area contributed by atoms with Gasteiger partial charge in [0.15, 0.2) is 0 Å². The molecule has 272 valence electrons. The molecular formula is C57H38O. The molecule has 1 heteroatoms. The Morgan fingerprint density at radius 2 is 0.741 bits per heavy atom. The number of aryl methyl sites for hydroxylation is 1. The Morgan fingerprint density at radius 3 is 1.41 bits per heavy atom. The van der Waals surface area contributed by atoms with E-state index in [1.54, 1.807) is 6.07 Å². The van der Waals surface area contributed by atoms with E-state index in [2.05, 4.69) is 189 Å². The first-order valence-corrected chi connectivity index (χ1v) is 20.0. The number of hydrogen-bond donors (Lipinski definition) is 1. The Hall–Kier alpha value is -7.48. The molecule has 0 aliphatic heterocycles. The summed E-state index contributed by atoms with van der Waals surface area (Å²) in [6.07, 6.45) is 0.